The summed E-state index contributed by atoms with van der Waals surface area (Å²) in [5.74, 6) is 0. The Morgan fingerprint density at radius 2 is 0.915 bits per heavy atom. The number of hydrogen-bond acceptors (Lipinski definition) is 1. The zero-order chi connectivity index (χ0) is 32.5. The van der Waals surface area contributed by atoms with Crippen molar-refractivity contribution in [3.8, 4) is 33.4 Å². The highest BCUT2D eigenvalue weighted by molar-refractivity contribution is 6.12. The van der Waals surface area contributed by atoms with Crippen molar-refractivity contribution in [2.24, 2.45) is 0 Å². The van der Waals surface area contributed by atoms with Gasteiger partial charge in [0.05, 0.1) is 0 Å². The van der Waals surface area contributed by atoms with Crippen molar-refractivity contribution in [3.05, 3.63) is 151 Å². The Morgan fingerprint density at radius 1 is 0.383 bits per heavy atom. The van der Waals surface area contributed by atoms with Gasteiger partial charge in [0.1, 0.15) is 0 Å². The van der Waals surface area contributed by atoms with Crippen LogP contribution in [0.5, 0.6) is 0 Å². The van der Waals surface area contributed by atoms with Crippen LogP contribution in [0.2, 0.25) is 0 Å². The minimum Gasteiger partial charge on any atom is -0.310 e. The highest BCUT2D eigenvalue weighted by Crippen LogP contribution is 2.51. The molecule has 0 bridgehead atoms. The zero-order valence-electron chi connectivity index (χ0n) is 28.2. The summed E-state index contributed by atoms with van der Waals surface area (Å²) in [6, 6.07) is 52.0. The summed E-state index contributed by atoms with van der Waals surface area (Å²) in [5, 5.41) is 5.10. The molecular weight excluding hydrogens is 567 g/mol. The lowest BCUT2D eigenvalue weighted by Gasteiger charge is -2.32. The molecule has 47 heavy (non-hydrogen) atoms. The number of benzene rings is 7. The number of rotatable bonds is 4. The van der Waals surface area contributed by atoms with E-state index in [9.17, 15) is 0 Å². The summed E-state index contributed by atoms with van der Waals surface area (Å²) in [7, 11) is 0. The molecular formula is C46H41N. The van der Waals surface area contributed by atoms with Crippen molar-refractivity contribution in [1.82, 2.24) is 0 Å². The Balaban J connectivity index is 1.18. The minimum atomic E-state index is 0.00745. The molecule has 0 aromatic heterocycles. The van der Waals surface area contributed by atoms with Gasteiger partial charge in [0, 0.05) is 17.1 Å². The predicted molar refractivity (Wildman–Crippen MR) is 203 cm³/mol. The first-order chi connectivity index (χ1) is 22.5. The van der Waals surface area contributed by atoms with Crippen molar-refractivity contribution in [2.75, 3.05) is 4.90 Å². The normalized spacial score (nSPS) is 12.5. The number of anilines is 3. The van der Waals surface area contributed by atoms with Gasteiger partial charge in [-0.1, -0.05) is 120 Å². The third-order valence-electron chi connectivity index (χ3n) is 9.83. The lowest BCUT2D eigenvalue weighted by molar-refractivity contribution is 0.590. The van der Waals surface area contributed by atoms with Gasteiger partial charge in [-0.05, 0) is 138 Å². The third-order valence-corrected chi connectivity index (χ3v) is 9.83. The maximum atomic E-state index is 2.41. The first-order valence-corrected chi connectivity index (χ1v) is 16.8. The number of fused-ring (bicyclic) bond motifs is 6. The van der Waals surface area contributed by atoms with E-state index in [1.165, 1.54) is 77.4 Å². The molecule has 1 aliphatic carbocycles. The monoisotopic (exact) mass is 607 g/mol. The molecule has 1 heteroatoms. The quantitative estimate of drug-likeness (QED) is 0.192. The first kappa shape index (κ1) is 29.3. The summed E-state index contributed by atoms with van der Waals surface area (Å²) in [5.41, 5.74) is 14.3. The number of hydrogen-bond donors (Lipinski definition) is 0. The molecule has 1 nitrogen and oxygen atoms in total. The fraction of sp³-hybridized carbons (Fsp3) is 0.174. The van der Waals surface area contributed by atoms with Gasteiger partial charge in [-0.25, -0.2) is 0 Å². The molecule has 230 valence electrons. The fourth-order valence-corrected chi connectivity index (χ4v) is 7.20. The van der Waals surface area contributed by atoms with E-state index < -0.39 is 0 Å². The van der Waals surface area contributed by atoms with E-state index in [0.29, 0.717) is 0 Å². The number of para-hydroxylation sites is 2. The maximum Gasteiger partial charge on any atom is 0.0498 e. The molecule has 7 aromatic rings. The predicted octanol–water partition coefficient (Wildman–Crippen LogP) is 13.4. The van der Waals surface area contributed by atoms with Gasteiger partial charge >= 0.3 is 0 Å². The Labute approximate surface area is 279 Å². The molecule has 0 unspecified atom stereocenters. The van der Waals surface area contributed by atoms with Crippen molar-refractivity contribution in [3.63, 3.8) is 0 Å². The second-order valence-corrected chi connectivity index (χ2v) is 15.2. The Kier molecular flexibility index (Phi) is 6.67. The van der Waals surface area contributed by atoms with Gasteiger partial charge in [-0.15, -0.1) is 0 Å². The molecule has 0 atom stereocenters. The standard InChI is InChI=1S/C46H41N/c1-45(2,3)36-21-18-30(19-22-36)31-16-17-32-26-39-41(28-34(32)24-31)40-27-33-20-23-38(25-35(33)29-42(39)40)47(37-12-8-7-9-13-37)44-15-11-10-14-43(44)46(4,5)6/h7-29H,1-6H3. The average molecular weight is 608 g/mol. The van der Waals surface area contributed by atoms with Crippen LogP contribution in [0.4, 0.5) is 17.1 Å². The molecule has 0 aliphatic heterocycles. The van der Waals surface area contributed by atoms with Crippen molar-refractivity contribution in [2.45, 2.75) is 52.4 Å². The van der Waals surface area contributed by atoms with E-state index in [2.05, 4.69) is 186 Å². The molecule has 0 fully saturated rings. The van der Waals surface area contributed by atoms with Crippen molar-refractivity contribution >= 4 is 38.6 Å². The Bertz CT molecular complexity index is 2290. The van der Waals surface area contributed by atoms with Crippen LogP contribution in [0, 0.1) is 0 Å². The van der Waals surface area contributed by atoms with Gasteiger partial charge < -0.3 is 4.90 Å². The topological polar surface area (TPSA) is 3.24 Å². The number of nitrogens with zero attached hydrogens (tertiary/aromatic N) is 1. The van der Waals surface area contributed by atoms with Gasteiger partial charge in [0.2, 0.25) is 0 Å². The van der Waals surface area contributed by atoms with Crippen LogP contribution in [0.25, 0.3) is 54.9 Å². The molecule has 7 aromatic carbocycles. The van der Waals surface area contributed by atoms with Gasteiger partial charge in [0.15, 0.2) is 0 Å². The molecule has 1 aliphatic rings. The third kappa shape index (κ3) is 5.11. The SMILES string of the molecule is CC(C)(C)c1ccc(-c2ccc3cc4c(cc3c2)-c2cc3ccc(N(c5ccccc5)c5ccccc5C(C)(C)C)cc3cc2-4)cc1. The molecule has 0 saturated carbocycles. The maximum absolute atomic E-state index is 2.41. The largest absolute Gasteiger partial charge is 0.310 e. The van der Waals surface area contributed by atoms with E-state index >= 15 is 0 Å². The summed E-state index contributed by atoms with van der Waals surface area (Å²) in [6.07, 6.45) is 0. The second kappa shape index (κ2) is 10.7. The lowest BCUT2D eigenvalue weighted by atomic mass is 9.77. The highest BCUT2D eigenvalue weighted by atomic mass is 15.1. The van der Waals surface area contributed by atoms with Crippen LogP contribution in [0.1, 0.15) is 52.7 Å². The van der Waals surface area contributed by atoms with Crippen LogP contribution >= 0.6 is 0 Å². The van der Waals surface area contributed by atoms with Crippen molar-refractivity contribution in [1.29, 1.82) is 0 Å². The molecule has 0 radical (unpaired) electrons. The minimum absolute atomic E-state index is 0.00745. The van der Waals surface area contributed by atoms with E-state index in [1.807, 2.05) is 0 Å². The summed E-state index contributed by atoms with van der Waals surface area (Å²) in [6.45, 7) is 13.7. The smallest absolute Gasteiger partial charge is 0.0498 e. The van der Waals surface area contributed by atoms with Gasteiger partial charge in [-0.3, -0.25) is 0 Å². The van der Waals surface area contributed by atoms with Crippen LogP contribution in [0.3, 0.4) is 0 Å². The summed E-state index contributed by atoms with van der Waals surface area (Å²) in [4.78, 5) is 2.41. The van der Waals surface area contributed by atoms with Crippen LogP contribution < -0.4 is 4.90 Å². The highest BCUT2D eigenvalue weighted by Gasteiger charge is 2.26. The van der Waals surface area contributed by atoms with Crippen molar-refractivity contribution < 1.29 is 0 Å². The van der Waals surface area contributed by atoms with E-state index in [4.69, 9.17) is 0 Å². The zero-order valence-corrected chi connectivity index (χ0v) is 28.2. The van der Waals surface area contributed by atoms with Gasteiger partial charge in [0.25, 0.3) is 0 Å². The molecule has 0 spiro atoms. The van der Waals surface area contributed by atoms with Crippen LogP contribution in [-0.2, 0) is 10.8 Å². The molecule has 0 heterocycles. The first-order valence-electron chi connectivity index (χ1n) is 16.8. The molecule has 0 amide bonds. The average Bonchev–Trinajstić information content (AvgIpc) is 3.06. The summed E-state index contributed by atoms with van der Waals surface area (Å²) < 4.78 is 0. The van der Waals surface area contributed by atoms with Crippen LogP contribution in [0.15, 0.2) is 140 Å². The van der Waals surface area contributed by atoms with E-state index in [1.54, 1.807) is 0 Å². The molecule has 0 N–H and O–H groups in total. The Morgan fingerprint density at radius 3 is 1.53 bits per heavy atom. The van der Waals surface area contributed by atoms with E-state index in [0.717, 1.165) is 5.69 Å². The lowest BCUT2D eigenvalue weighted by Crippen LogP contribution is -2.19. The van der Waals surface area contributed by atoms with Gasteiger partial charge in [-0.2, -0.15) is 0 Å². The molecule has 8 rings (SSSR count). The Hall–Kier alpha value is -5.14. The summed E-state index contributed by atoms with van der Waals surface area (Å²) >= 11 is 0. The fourth-order valence-electron chi connectivity index (χ4n) is 7.20. The van der Waals surface area contributed by atoms with E-state index in [-0.39, 0.29) is 10.8 Å². The van der Waals surface area contributed by atoms with Crippen LogP contribution in [-0.4, -0.2) is 0 Å². The second-order valence-electron chi connectivity index (χ2n) is 15.2. The molecule has 0 saturated heterocycles.